The lowest BCUT2D eigenvalue weighted by molar-refractivity contribution is 0.414. The van der Waals surface area contributed by atoms with Gasteiger partial charge in [-0.05, 0) is 31.4 Å². The van der Waals surface area contributed by atoms with Crippen LogP contribution in [0.1, 0.15) is 6.92 Å². The van der Waals surface area contributed by atoms with E-state index in [1.165, 1.54) is 6.20 Å². The summed E-state index contributed by atoms with van der Waals surface area (Å²) in [6.45, 7) is 1.60. The molecule has 0 unspecified atom stereocenters. The Bertz CT molecular complexity index is 178. The van der Waals surface area contributed by atoms with Crippen LogP contribution >= 0.6 is 15.9 Å². The largest absolute Gasteiger partial charge is 0.513 e. The summed E-state index contributed by atoms with van der Waals surface area (Å²) in [6.07, 6.45) is 6.38. The van der Waals surface area contributed by atoms with Crippen LogP contribution in [0.15, 0.2) is 34.7 Å². The number of nitrogens with two attached hydrogens (primary N) is 1. The average molecular weight is 204 g/mol. The highest BCUT2D eigenvalue weighted by Gasteiger charge is 1.79. The van der Waals surface area contributed by atoms with E-state index in [-0.39, 0.29) is 5.76 Å². The second kappa shape index (κ2) is 5.11. The topological polar surface area (TPSA) is 46.2 Å². The van der Waals surface area contributed by atoms with Crippen molar-refractivity contribution in [2.75, 3.05) is 0 Å². The standard InChI is InChI=1S/C7H10BrNO/c1-6(10)2-3-7(8)4-5-9/h2-5,10H,9H2,1H3/b5-4+,6-2+,7-3+. The van der Waals surface area contributed by atoms with Crippen molar-refractivity contribution in [1.29, 1.82) is 0 Å². The van der Waals surface area contributed by atoms with E-state index in [0.29, 0.717) is 0 Å². The molecule has 0 saturated heterocycles. The summed E-state index contributed by atoms with van der Waals surface area (Å²) in [4.78, 5) is 0. The molecule has 0 rings (SSSR count). The molecule has 56 valence electrons. The van der Waals surface area contributed by atoms with Gasteiger partial charge in [-0.3, -0.25) is 0 Å². The van der Waals surface area contributed by atoms with Crippen LogP contribution in [-0.4, -0.2) is 5.11 Å². The number of aliphatic hydroxyl groups is 1. The SMILES string of the molecule is C\C(O)=C/C=C(Br)\C=C\N. The summed E-state index contributed by atoms with van der Waals surface area (Å²) in [5.41, 5.74) is 5.10. The molecule has 0 amide bonds. The van der Waals surface area contributed by atoms with Gasteiger partial charge in [-0.2, -0.15) is 0 Å². The van der Waals surface area contributed by atoms with Gasteiger partial charge in [-0.25, -0.2) is 0 Å². The quantitative estimate of drug-likeness (QED) is 0.535. The Labute approximate surface area is 68.9 Å². The van der Waals surface area contributed by atoms with Gasteiger partial charge >= 0.3 is 0 Å². The number of aliphatic hydroxyl groups excluding tert-OH is 1. The van der Waals surface area contributed by atoms with E-state index in [1.807, 2.05) is 0 Å². The molecule has 0 fully saturated rings. The number of rotatable bonds is 2. The predicted molar refractivity (Wildman–Crippen MR) is 46.7 cm³/mol. The van der Waals surface area contributed by atoms with Gasteiger partial charge in [0.05, 0.1) is 5.76 Å². The zero-order chi connectivity index (χ0) is 7.98. The van der Waals surface area contributed by atoms with Crippen molar-refractivity contribution in [2.45, 2.75) is 6.92 Å². The smallest absolute Gasteiger partial charge is 0.0892 e. The Morgan fingerprint density at radius 1 is 1.50 bits per heavy atom. The first-order valence-electron chi connectivity index (χ1n) is 2.78. The van der Waals surface area contributed by atoms with Crippen LogP contribution in [0.4, 0.5) is 0 Å². The summed E-state index contributed by atoms with van der Waals surface area (Å²) < 4.78 is 0.823. The first-order chi connectivity index (χ1) is 4.66. The monoisotopic (exact) mass is 203 g/mol. The lowest BCUT2D eigenvalue weighted by atomic mass is 10.4. The molecule has 0 aromatic rings. The minimum absolute atomic E-state index is 0.266. The van der Waals surface area contributed by atoms with Crippen molar-refractivity contribution >= 4 is 15.9 Å². The van der Waals surface area contributed by atoms with E-state index in [4.69, 9.17) is 10.8 Å². The van der Waals surface area contributed by atoms with Gasteiger partial charge in [0.25, 0.3) is 0 Å². The first kappa shape index (κ1) is 9.30. The Morgan fingerprint density at radius 3 is 2.50 bits per heavy atom. The fourth-order valence-electron chi connectivity index (χ4n) is 0.348. The van der Waals surface area contributed by atoms with E-state index in [0.717, 1.165) is 4.48 Å². The van der Waals surface area contributed by atoms with E-state index in [9.17, 15) is 0 Å². The molecule has 0 aromatic heterocycles. The molecule has 0 radical (unpaired) electrons. The van der Waals surface area contributed by atoms with Crippen molar-refractivity contribution in [3.8, 4) is 0 Å². The third-order valence-corrected chi connectivity index (χ3v) is 1.27. The maximum Gasteiger partial charge on any atom is 0.0892 e. The maximum absolute atomic E-state index is 8.71. The number of hydrogen-bond acceptors (Lipinski definition) is 2. The summed E-state index contributed by atoms with van der Waals surface area (Å²) in [6, 6.07) is 0. The maximum atomic E-state index is 8.71. The van der Waals surface area contributed by atoms with Crippen LogP contribution in [0.5, 0.6) is 0 Å². The van der Waals surface area contributed by atoms with Crippen LogP contribution in [0.25, 0.3) is 0 Å². The van der Waals surface area contributed by atoms with Gasteiger partial charge in [0.2, 0.25) is 0 Å². The predicted octanol–water partition coefficient (Wildman–Crippen LogP) is 2.20. The third kappa shape index (κ3) is 5.44. The normalized spacial score (nSPS) is 14.6. The highest BCUT2D eigenvalue weighted by molar-refractivity contribution is 9.11. The summed E-state index contributed by atoms with van der Waals surface area (Å²) in [5, 5.41) is 8.71. The molecular weight excluding hydrogens is 194 g/mol. The lowest BCUT2D eigenvalue weighted by Gasteiger charge is -1.85. The van der Waals surface area contributed by atoms with Gasteiger partial charge in [-0.15, -0.1) is 0 Å². The van der Waals surface area contributed by atoms with E-state index in [2.05, 4.69) is 15.9 Å². The average Bonchev–Trinajstić information content (AvgIpc) is 1.85. The van der Waals surface area contributed by atoms with E-state index >= 15 is 0 Å². The molecule has 0 aliphatic rings. The molecule has 3 heteroatoms. The molecule has 10 heavy (non-hydrogen) atoms. The highest BCUT2D eigenvalue weighted by atomic mass is 79.9. The minimum Gasteiger partial charge on any atom is -0.513 e. The first-order valence-corrected chi connectivity index (χ1v) is 3.57. The number of allylic oxidation sites excluding steroid dienone is 5. The molecule has 0 aliphatic heterocycles. The van der Waals surface area contributed by atoms with Crippen LogP contribution < -0.4 is 5.73 Å². The molecule has 0 saturated carbocycles. The third-order valence-electron chi connectivity index (χ3n) is 0.739. The molecule has 3 N–H and O–H groups in total. The van der Waals surface area contributed by atoms with Crippen LogP contribution in [-0.2, 0) is 0 Å². The minimum atomic E-state index is 0.266. The van der Waals surface area contributed by atoms with Gasteiger partial charge in [0, 0.05) is 4.48 Å². The number of halogens is 1. The second-order valence-electron chi connectivity index (χ2n) is 1.72. The Morgan fingerprint density at radius 2 is 2.10 bits per heavy atom. The Balaban J connectivity index is 4.05. The summed E-state index contributed by atoms with van der Waals surface area (Å²) >= 11 is 3.21. The Kier molecular flexibility index (Phi) is 4.76. The van der Waals surface area contributed by atoms with Gasteiger partial charge < -0.3 is 10.8 Å². The van der Waals surface area contributed by atoms with Crippen LogP contribution in [0.3, 0.4) is 0 Å². The molecule has 2 nitrogen and oxygen atoms in total. The number of hydrogen-bond donors (Lipinski definition) is 2. The molecule has 0 heterocycles. The van der Waals surface area contributed by atoms with Crippen LogP contribution in [0.2, 0.25) is 0 Å². The molecule has 0 atom stereocenters. The Hall–Kier alpha value is -0.700. The van der Waals surface area contributed by atoms with Crippen molar-refractivity contribution in [2.24, 2.45) is 5.73 Å². The second-order valence-corrected chi connectivity index (χ2v) is 2.63. The zero-order valence-electron chi connectivity index (χ0n) is 5.71. The summed E-state index contributed by atoms with van der Waals surface area (Å²) in [7, 11) is 0. The molecule has 0 aromatic carbocycles. The van der Waals surface area contributed by atoms with Crippen molar-refractivity contribution < 1.29 is 5.11 Å². The lowest BCUT2D eigenvalue weighted by Crippen LogP contribution is -1.75. The molecule has 0 spiro atoms. The van der Waals surface area contributed by atoms with Gasteiger partial charge in [0.15, 0.2) is 0 Å². The van der Waals surface area contributed by atoms with E-state index in [1.54, 1.807) is 25.2 Å². The highest BCUT2D eigenvalue weighted by Crippen LogP contribution is 2.05. The van der Waals surface area contributed by atoms with Crippen molar-refractivity contribution in [3.05, 3.63) is 34.7 Å². The van der Waals surface area contributed by atoms with E-state index < -0.39 is 0 Å². The summed E-state index contributed by atoms with van der Waals surface area (Å²) in [5.74, 6) is 0.266. The molecule has 0 aliphatic carbocycles. The molecular formula is C7H10BrNO. The van der Waals surface area contributed by atoms with Gasteiger partial charge in [0.1, 0.15) is 0 Å². The van der Waals surface area contributed by atoms with Crippen molar-refractivity contribution in [1.82, 2.24) is 0 Å². The molecule has 0 bridgehead atoms. The zero-order valence-corrected chi connectivity index (χ0v) is 7.30. The van der Waals surface area contributed by atoms with Gasteiger partial charge in [-0.1, -0.05) is 15.9 Å². The van der Waals surface area contributed by atoms with Crippen LogP contribution in [0, 0.1) is 0 Å². The fourth-order valence-corrected chi connectivity index (χ4v) is 0.632. The fraction of sp³-hybridized carbons (Fsp3) is 0.143. The van der Waals surface area contributed by atoms with Crippen molar-refractivity contribution in [3.63, 3.8) is 0 Å².